The normalized spacial score (nSPS) is 13.9. The lowest BCUT2D eigenvalue weighted by molar-refractivity contribution is -0.170. The Hall–Kier alpha value is -0.830. The third-order valence-corrected chi connectivity index (χ3v) is 5.85. The number of unbranched alkanes of at least 4 members (excludes halogenated alkanes) is 12. The van der Waals surface area contributed by atoms with Crippen LogP contribution < -0.4 is 0 Å². The summed E-state index contributed by atoms with van der Waals surface area (Å²) in [6.07, 6.45) is 24.1. The number of allylic oxidation sites excluding steroid dienone is 2. The quantitative estimate of drug-likeness (QED) is 0.140. The van der Waals surface area contributed by atoms with Crippen LogP contribution in [0.2, 0.25) is 0 Å². The minimum Gasteiger partial charge on any atom is -0.479 e. The second kappa shape index (κ2) is 20.1. The van der Waals surface area contributed by atoms with Crippen molar-refractivity contribution < 1.29 is 14.6 Å². The maximum absolute atomic E-state index is 12.1. The van der Waals surface area contributed by atoms with Gasteiger partial charge in [-0.15, -0.1) is 0 Å². The van der Waals surface area contributed by atoms with E-state index in [0.717, 1.165) is 38.5 Å². The van der Waals surface area contributed by atoms with Crippen LogP contribution in [0, 0.1) is 5.92 Å². The highest BCUT2D eigenvalue weighted by molar-refractivity contribution is 5.77. The van der Waals surface area contributed by atoms with E-state index >= 15 is 0 Å². The van der Waals surface area contributed by atoms with Crippen molar-refractivity contribution in [2.45, 2.75) is 142 Å². The molecule has 0 fully saturated rings. The molecule has 0 aromatic carbocycles. The molecule has 0 bridgehead atoms. The van der Waals surface area contributed by atoms with Gasteiger partial charge in [0.25, 0.3) is 0 Å². The molecular weight excluding hydrogens is 372 g/mol. The molecule has 30 heavy (non-hydrogen) atoms. The lowest BCUT2D eigenvalue weighted by Crippen LogP contribution is -2.43. The van der Waals surface area contributed by atoms with Crippen LogP contribution >= 0.6 is 0 Å². The molecule has 0 amide bonds. The van der Waals surface area contributed by atoms with Gasteiger partial charge in [-0.2, -0.15) is 0 Å². The smallest absolute Gasteiger partial charge is 0.335 e. The van der Waals surface area contributed by atoms with Crippen molar-refractivity contribution in [3.63, 3.8) is 0 Å². The van der Waals surface area contributed by atoms with Crippen molar-refractivity contribution in [3.8, 4) is 0 Å². The first-order chi connectivity index (χ1) is 14.5. The molecule has 1 N–H and O–H groups in total. The molecule has 1 atom stereocenters. The van der Waals surface area contributed by atoms with Gasteiger partial charge in [0.1, 0.15) is 0 Å². The van der Waals surface area contributed by atoms with Gasteiger partial charge >= 0.3 is 5.97 Å². The van der Waals surface area contributed by atoms with E-state index in [1.807, 2.05) is 0 Å². The zero-order chi connectivity index (χ0) is 22.5. The minimum atomic E-state index is -0.987. The fourth-order valence-corrected chi connectivity index (χ4v) is 4.07. The zero-order valence-electron chi connectivity index (χ0n) is 20.7. The van der Waals surface area contributed by atoms with Crippen LogP contribution in [0.3, 0.4) is 0 Å². The Kier molecular flexibility index (Phi) is 19.5. The average molecular weight is 425 g/mol. The van der Waals surface area contributed by atoms with E-state index < -0.39 is 11.6 Å². The summed E-state index contributed by atoms with van der Waals surface area (Å²) in [7, 11) is 0. The molecule has 0 aliphatic carbocycles. The highest BCUT2D eigenvalue weighted by atomic mass is 16.5. The Morgan fingerprint density at radius 2 is 1.30 bits per heavy atom. The Bertz CT molecular complexity index is 416. The molecule has 0 radical (unpaired) electrons. The maximum atomic E-state index is 12.1. The van der Waals surface area contributed by atoms with E-state index in [4.69, 9.17) is 4.74 Å². The van der Waals surface area contributed by atoms with E-state index in [1.165, 1.54) is 57.8 Å². The van der Waals surface area contributed by atoms with Crippen LogP contribution in [0.25, 0.3) is 0 Å². The number of hydrogen-bond donors (Lipinski definition) is 1. The number of carboxylic acid groups (broad SMARTS) is 1. The fraction of sp³-hybridized carbons (Fsp3) is 0.889. The topological polar surface area (TPSA) is 46.5 Å². The van der Waals surface area contributed by atoms with Crippen LogP contribution in [0.5, 0.6) is 0 Å². The number of carboxylic acids is 1. The summed E-state index contributed by atoms with van der Waals surface area (Å²) in [5.74, 6) is -0.450. The van der Waals surface area contributed by atoms with Crippen LogP contribution in [0.1, 0.15) is 137 Å². The summed E-state index contributed by atoms with van der Waals surface area (Å²) in [6.45, 7) is 9.16. The van der Waals surface area contributed by atoms with Gasteiger partial charge in [-0.25, -0.2) is 4.79 Å². The molecular formula is C27H52O3. The molecule has 3 heteroatoms. The molecule has 0 rings (SSSR count). The van der Waals surface area contributed by atoms with Crippen molar-refractivity contribution in [2.24, 2.45) is 5.92 Å². The van der Waals surface area contributed by atoms with Crippen molar-refractivity contribution in [2.75, 3.05) is 6.61 Å². The van der Waals surface area contributed by atoms with Crippen molar-refractivity contribution in [3.05, 3.63) is 12.2 Å². The number of rotatable bonds is 22. The Labute approximate surface area is 188 Å². The van der Waals surface area contributed by atoms with Crippen molar-refractivity contribution >= 4 is 5.97 Å². The van der Waals surface area contributed by atoms with Crippen molar-refractivity contribution in [1.29, 1.82) is 0 Å². The third-order valence-electron chi connectivity index (χ3n) is 5.85. The van der Waals surface area contributed by atoms with Crippen LogP contribution in [-0.4, -0.2) is 23.3 Å². The van der Waals surface area contributed by atoms with E-state index in [9.17, 15) is 9.90 Å². The van der Waals surface area contributed by atoms with Gasteiger partial charge < -0.3 is 9.84 Å². The highest BCUT2D eigenvalue weighted by Gasteiger charge is 2.39. The third kappa shape index (κ3) is 15.9. The number of carbonyl (C=O) groups is 1. The van der Waals surface area contributed by atoms with Gasteiger partial charge in [-0.1, -0.05) is 97.6 Å². The molecule has 178 valence electrons. The molecule has 0 aromatic heterocycles. The summed E-state index contributed by atoms with van der Waals surface area (Å²) in [5.41, 5.74) is -0.987. The van der Waals surface area contributed by atoms with Gasteiger partial charge in [-0.3, -0.25) is 0 Å². The minimum absolute atomic E-state index is 0.323. The Balaban J connectivity index is 4.01. The molecule has 0 saturated heterocycles. The van der Waals surface area contributed by atoms with E-state index in [1.54, 1.807) is 0 Å². The molecule has 0 saturated carbocycles. The SMILES string of the molecule is CCCCCCCCC=CCCCCCCC(CC(C)C)(OCCCCC)C(=O)O. The second-order valence-electron chi connectivity index (χ2n) is 9.43. The standard InChI is InChI=1S/C27H52O3/c1-5-7-9-10-11-12-13-14-15-16-17-18-19-20-22-27(26(28)29,24-25(3)4)30-23-21-8-6-2/h14-15,25H,5-13,16-24H2,1-4H3,(H,28,29). The van der Waals surface area contributed by atoms with Crippen LogP contribution in [-0.2, 0) is 9.53 Å². The summed E-state index contributed by atoms with van der Waals surface area (Å²) < 4.78 is 6.01. The zero-order valence-corrected chi connectivity index (χ0v) is 20.7. The van der Waals surface area contributed by atoms with E-state index in [0.29, 0.717) is 25.4 Å². The van der Waals surface area contributed by atoms with E-state index in [2.05, 4.69) is 39.8 Å². The van der Waals surface area contributed by atoms with Crippen LogP contribution in [0.15, 0.2) is 12.2 Å². The highest BCUT2D eigenvalue weighted by Crippen LogP contribution is 2.29. The van der Waals surface area contributed by atoms with Gasteiger partial charge in [0, 0.05) is 6.61 Å². The Morgan fingerprint density at radius 3 is 1.83 bits per heavy atom. The molecule has 0 heterocycles. The first kappa shape index (κ1) is 29.2. The number of aliphatic carboxylic acids is 1. The summed E-state index contributed by atoms with van der Waals surface area (Å²) in [6, 6.07) is 0. The van der Waals surface area contributed by atoms with E-state index in [-0.39, 0.29) is 0 Å². The molecule has 1 unspecified atom stereocenters. The summed E-state index contributed by atoms with van der Waals surface area (Å²) in [4.78, 5) is 12.1. The fourth-order valence-electron chi connectivity index (χ4n) is 4.07. The lowest BCUT2D eigenvalue weighted by atomic mass is 9.87. The van der Waals surface area contributed by atoms with Gasteiger partial charge in [-0.05, 0) is 57.3 Å². The number of hydrogen-bond acceptors (Lipinski definition) is 2. The van der Waals surface area contributed by atoms with Crippen LogP contribution in [0.4, 0.5) is 0 Å². The first-order valence-corrected chi connectivity index (χ1v) is 13.0. The molecule has 0 aliphatic rings. The summed E-state index contributed by atoms with van der Waals surface area (Å²) >= 11 is 0. The predicted molar refractivity (Wildman–Crippen MR) is 130 cm³/mol. The second-order valence-corrected chi connectivity index (χ2v) is 9.43. The predicted octanol–water partition coefficient (Wildman–Crippen LogP) is 8.71. The van der Waals surface area contributed by atoms with Gasteiger partial charge in [0.2, 0.25) is 0 Å². The van der Waals surface area contributed by atoms with Gasteiger partial charge in [0.05, 0.1) is 0 Å². The average Bonchev–Trinajstić information content (AvgIpc) is 2.70. The summed E-state index contributed by atoms with van der Waals surface area (Å²) in [5, 5.41) is 9.90. The maximum Gasteiger partial charge on any atom is 0.335 e. The number of ether oxygens (including phenoxy) is 1. The molecule has 0 spiro atoms. The lowest BCUT2D eigenvalue weighted by Gasteiger charge is -2.31. The molecule has 0 aliphatic heterocycles. The van der Waals surface area contributed by atoms with Crippen molar-refractivity contribution in [1.82, 2.24) is 0 Å². The van der Waals surface area contributed by atoms with Gasteiger partial charge in [0.15, 0.2) is 5.60 Å². The first-order valence-electron chi connectivity index (χ1n) is 13.0. The molecule has 3 nitrogen and oxygen atoms in total. The Morgan fingerprint density at radius 1 is 0.800 bits per heavy atom. The molecule has 0 aromatic rings. The largest absolute Gasteiger partial charge is 0.479 e. The monoisotopic (exact) mass is 424 g/mol.